The van der Waals surface area contributed by atoms with E-state index >= 15 is 0 Å². The monoisotopic (exact) mass is 256 g/mol. The molecule has 2 unspecified atom stereocenters. The molecule has 4 heteroatoms. The van der Waals surface area contributed by atoms with E-state index in [1.165, 1.54) is 18.2 Å². The quantitative estimate of drug-likeness (QED) is 0.895. The number of hydrogen-bond acceptors (Lipinski definition) is 4. The fourth-order valence-corrected chi connectivity index (χ4v) is 2.88. The van der Waals surface area contributed by atoms with Gasteiger partial charge in [-0.2, -0.15) is 5.10 Å². The molecule has 0 amide bonds. The van der Waals surface area contributed by atoms with E-state index in [1.807, 2.05) is 12.3 Å². The van der Waals surface area contributed by atoms with E-state index in [1.54, 1.807) is 0 Å². The van der Waals surface area contributed by atoms with Crippen LogP contribution in [0.3, 0.4) is 0 Å². The van der Waals surface area contributed by atoms with Gasteiger partial charge in [-0.1, -0.05) is 24.3 Å². The van der Waals surface area contributed by atoms with Crippen LogP contribution in [0.1, 0.15) is 19.8 Å². The summed E-state index contributed by atoms with van der Waals surface area (Å²) in [6.07, 6.45) is 4.22. The van der Waals surface area contributed by atoms with E-state index < -0.39 is 0 Å². The molecule has 1 aliphatic rings. The third-order valence-corrected chi connectivity index (χ3v) is 4.05. The van der Waals surface area contributed by atoms with E-state index in [4.69, 9.17) is 5.73 Å². The standard InChI is InChI=1S/C15H20N4/c1-11(16)13-6-4-8-19(10-13)15-14-7-3-2-5-12(14)9-17-18-15/h2-3,5,7,9,11,13H,4,6,8,10,16H2,1H3. The summed E-state index contributed by atoms with van der Waals surface area (Å²) in [5, 5.41) is 10.8. The largest absolute Gasteiger partial charge is 0.354 e. The van der Waals surface area contributed by atoms with Crippen LogP contribution >= 0.6 is 0 Å². The van der Waals surface area contributed by atoms with Crippen molar-refractivity contribution in [1.82, 2.24) is 10.2 Å². The van der Waals surface area contributed by atoms with Crippen LogP contribution in [-0.2, 0) is 0 Å². The first kappa shape index (κ1) is 12.4. The average molecular weight is 256 g/mol. The lowest BCUT2D eigenvalue weighted by Crippen LogP contribution is -2.42. The highest BCUT2D eigenvalue weighted by molar-refractivity contribution is 5.91. The summed E-state index contributed by atoms with van der Waals surface area (Å²) in [5.41, 5.74) is 6.06. The average Bonchev–Trinajstić information content (AvgIpc) is 2.47. The number of nitrogens with zero attached hydrogens (tertiary/aromatic N) is 3. The molecule has 2 atom stereocenters. The molecule has 100 valence electrons. The molecule has 0 aliphatic carbocycles. The zero-order valence-electron chi connectivity index (χ0n) is 11.3. The Kier molecular flexibility index (Phi) is 3.34. The molecule has 19 heavy (non-hydrogen) atoms. The van der Waals surface area contributed by atoms with E-state index in [9.17, 15) is 0 Å². The third kappa shape index (κ3) is 2.40. The van der Waals surface area contributed by atoms with Crippen LogP contribution in [0.15, 0.2) is 30.5 Å². The molecule has 1 aliphatic heterocycles. The van der Waals surface area contributed by atoms with Crippen LogP contribution in [0.4, 0.5) is 5.82 Å². The molecule has 0 spiro atoms. The summed E-state index contributed by atoms with van der Waals surface area (Å²) in [6.45, 7) is 4.13. The molecule has 2 N–H and O–H groups in total. The molecule has 1 saturated heterocycles. The van der Waals surface area contributed by atoms with Gasteiger partial charge in [-0.15, -0.1) is 5.10 Å². The highest BCUT2D eigenvalue weighted by Crippen LogP contribution is 2.28. The number of aromatic nitrogens is 2. The number of piperidine rings is 1. The van der Waals surface area contributed by atoms with E-state index in [0.717, 1.165) is 24.3 Å². The van der Waals surface area contributed by atoms with Gasteiger partial charge in [0, 0.05) is 29.9 Å². The number of anilines is 1. The first-order valence-corrected chi connectivity index (χ1v) is 6.96. The Balaban J connectivity index is 1.95. The van der Waals surface area contributed by atoms with Crippen molar-refractivity contribution in [1.29, 1.82) is 0 Å². The number of rotatable bonds is 2. The number of benzene rings is 1. The molecule has 1 aromatic carbocycles. The van der Waals surface area contributed by atoms with Gasteiger partial charge < -0.3 is 10.6 Å². The molecule has 3 rings (SSSR count). The van der Waals surface area contributed by atoms with Gasteiger partial charge in [0.05, 0.1) is 6.20 Å². The van der Waals surface area contributed by atoms with Crippen LogP contribution in [-0.4, -0.2) is 29.3 Å². The maximum Gasteiger partial charge on any atom is 0.159 e. The third-order valence-electron chi connectivity index (χ3n) is 4.05. The van der Waals surface area contributed by atoms with Gasteiger partial charge >= 0.3 is 0 Å². The van der Waals surface area contributed by atoms with Gasteiger partial charge in [0.1, 0.15) is 0 Å². The Morgan fingerprint density at radius 2 is 2.21 bits per heavy atom. The number of hydrogen-bond donors (Lipinski definition) is 1. The summed E-state index contributed by atoms with van der Waals surface area (Å²) in [7, 11) is 0. The Bertz CT molecular complexity index is 562. The first-order valence-electron chi connectivity index (χ1n) is 6.96. The van der Waals surface area contributed by atoms with Crippen molar-refractivity contribution >= 4 is 16.6 Å². The van der Waals surface area contributed by atoms with Gasteiger partial charge in [0.25, 0.3) is 0 Å². The molecule has 1 aromatic heterocycles. The number of nitrogens with two attached hydrogens (primary N) is 1. The van der Waals surface area contributed by atoms with Gasteiger partial charge in [-0.05, 0) is 25.7 Å². The summed E-state index contributed by atoms with van der Waals surface area (Å²) in [5.74, 6) is 1.55. The second-order valence-electron chi connectivity index (χ2n) is 5.46. The molecule has 1 fully saturated rings. The lowest BCUT2D eigenvalue weighted by Gasteiger charge is -2.35. The Morgan fingerprint density at radius 3 is 3.05 bits per heavy atom. The van der Waals surface area contributed by atoms with E-state index in [2.05, 4.69) is 40.2 Å². The summed E-state index contributed by atoms with van der Waals surface area (Å²) in [6, 6.07) is 8.54. The maximum absolute atomic E-state index is 6.06. The predicted molar refractivity (Wildman–Crippen MR) is 78.1 cm³/mol. The molecule has 4 nitrogen and oxygen atoms in total. The van der Waals surface area contributed by atoms with Gasteiger partial charge in [0.2, 0.25) is 0 Å². The van der Waals surface area contributed by atoms with Crippen molar-refractivity contribution < 1.29 is 0 Å². The van der Waals surface area contributed by atoms with E-state index in [0.29, 0.717) is 5.92 Å². The van der Waals surface area contributed by atoms with Gasteiger partial charge in [0.15, 0.2) is 5.82 Å². The Hall–Kier alpha value is -1.68. The highest BCUT2D eigenvalue weighted by Gasteiger charge is 2.24. The minimum Gasteiger partial charge on any atom is -0.354 e. The summed E-state index contributed by atoms with van der Waals surface area (Å²) >= 11 is 0. The smallest absolute Gasteiger partial charge is 0.159 e. The predicted octanol–water partition coefficient (Wildman–Crippen LogP) is 2.19. The number of fused-ring (bicyclic) bond motifs is 1. The van der Waals surface area contributed by atoms with Gasteiger partial charge in [-0.25, -0.2) is 0 Å². The van der Waals surface area contributed by atoms with Crippen molar-refractivity contribution in [3.05, 3.63) is 30.5 Å². The summed E-state index contributed by atoms with van der Waals surface area (Å²) in [4.78, 5) is 2.34. The minimum atomic E-state index is 0.241. The van der Waals surface area contributed by atoms with Crippen LogP contribution in [0, 0.1) is 5.92 Å². The summed E-state index contributed by atoms with van der Waals surface area (Å²) < 4.78 is 0. The van der Waals surface area contributed by atoms with E-state index in [-0.39, 0.29) is 6.04 Å². The molecular weight excluding hydrogens is 236 g/mol. The van der Waals surface area contributed by atoms with Crippen molar-refractivity contribution in [2.75, 3.05) is 18.0 Å². The van der Waals surface area contributed by atoms with Crippen LogP contribution < -0.4 is 10.6 Å². The molecule has 0 radical (unpaired) electrons. The first-order chi connectivity index (χ1) is 9.25. The highest BCUT2D eigenvalue weighted by atomic mass is 15.3. The normalized spacial score (nSPS) is 21.6. The zero-order chi connectivity index (χ0) is 13.2. The lowest BCUT2D eigenvalue weighted by atomic mass is 9.92. The molecule has 2 aromatic rings. The lowest BCUT2D eigenvalue weighted by molar-refractivity contribution is 0.363. The SMILES string of the molecule is CC(N)C1CCCN(c2nncc3ccccc23)C1. The maximum atomic E-state index is 6.06. The topological polar surface area (TPSA) is 55.0 Å². The Morgan fingerprint density at radius 1 is 1.37 bits per heavy atom. The fourth-order valence-electron chi connectivity index (χ4n) is 2.88. The van der Waals surface area contributed by atoms with Crippen molar-refractivity contribution in [2.45, 2.75) is 25.8 Å². The molecule has 0 bridgehead atoms. The van der Waals surface area contributed by atoms with Crippen molar-refractivity contribution in [2.24, 2.45) is 11.7 Å². The Labute approximate surface area is 113 Å². The zero-order valence-corrected chi connectivity index (χ0v) is 11.3. The van der Waals surface area contributed by atoms with Crippen molar-refractivity contribution in [3.63, 3.8) is 0 Å². The molecule has 0 saturated carbocycles. The van der Waals surface area contributed by atoms with Crippen LogP contribution in [0.5, 0.6) is 0 Å². The van der Waals surface area contributed by atoms with Gasteiger partial charge in [-0.3, -0.25) is 0 Å². The van der Waals surface area contributed by atoms with Crippen molar-refractivity contribution in [3.8, 4) is 0 Å². The molecular formula is C15H20N4. The van der Waals surface area contributed by atoms with Crippen LogP contribution in [0.2, 0.25) is 0 Å². The second kappa shape index (κ2) is 5.13. The minimum absolute atomic E-state index is 0.241. The molecule has 2 heterocycles. The van der Waals surface area contributed by atoms with Crippen LogP contribution in [0.25, 0.3) is 10.8 Å². The fraction of sp³-hybridized carbons (Fsp3) is 0.467. The second-order valence-corrected chi connectivity index (χ2v) is 5.46.